The van der Waals surface area contributed by atoms with Crippen LogP contribution in [-0.4, -0.2) is 92.7 Å². The van der Waals surface area contributed by atoms with E-state index in [1.807, 2.05) is 24.3 Å². The average Bonchev–Trinajstić information content (AvgIpc) is 3.48. The molecule has 7 nitrogen and oxygen atoms in total. The van der Waals surface area contributed by atoms with Gasteiger partial charge in [-0.2, -0.15) is 0 Å². The summed E-state index contributed by atoms with van der Waals surface area (Å²) >= 11 is 0. The van der Waals surface area contributed by atoms with E-state index in [2.05, 4.69) is 11.9 Å². The Kier molecular flexibility index (Phi) is 6.26. The van der Waals surface area contributed by atoms with Gasteiger partial charge in [0.05, 0.1) is 24.7 Å². The lowest BCUT2D eigenvalue weighted by Crippen LogP contribution is -2.49. The van der Waals surface area contributed by atoms with Crippen LogP contribution in [0.2, 0.25) is 0 Å². The number of methoxy groups -OCH3 is 1. The first-order chi connectivity index (χ1) is 14.8. The van der Waals surface area contributed by atoms with Gasteiger partial charge in [-0.25, -0.2) is 0 Å². The fraction of sp³-hybridized carbons (Fsp3) is 0.667. The van der Waals surface area contributed by atoms with Crippen LogP contribution in [0.5, 0.6) is 5.75 Å². The van der Waals surface area contributed by atoms with Crippen LogP contribution in [0, 0.1) is 0 Å². The molecule has 0 N–H and O–H groups in total. The molecular formula is C24H35N3O4. The summed E-state index contributed by atoms with van der Waals surface area (Å²) in [4.78, 5) is 32.4. The number of carbonyl (C=O) groups is 2. The molecule has 0 unspecified atom stereocenters. The molecule has 1 aromatic rings. The molecule has 3 fully saturated rings. The SMILES string of the molecule is COc1ccc(C2(C(=O)N3C[C@@H](OC4CCN(C)CC4)C[C@H]3C(=O)N(C)C)CC2)cc1. The fourth-order valence-electron chi connectivity index (χ4n) is 4.98. The third kappa shape index (κ3) is 4.44. The predicted octanol–water partition coefficient (Wildman–Crippen LogP) is 1.90. The van der Waals surface area contributed by atoms with Gasteiger partial charge in [-0.05, 0) is 50.4 Å². The minimum atomic E-state index is -0.514. The number of piperidine rings is 1. The number of hydrogen-bond acceptors (Lipinski definition) is 5. The zero-order valence-corrected chi connectivity index (χ0v) is 19.2. The summed E-state index contributed by atoms with van der Waals surface area (Å²) in [5.74, 6) is 0.820. The molecule has 1 saturated carbocycles. The Morgan fingerprint density at radius 1 is 1.06 bits per heavy atom. The van der Waals surface area contributed by atoms with E-state index < -0.39 is 11.5 Å². The van der Waals surface area contributed by atoms with Gasteiger partial charge in [0.2, 0.25) is 11.8 Å². The van der Waals surface area contributed by atoms with Crippen molar-refractivity contribution in [2.45, 2.75) is 55.8 Å². The second kappa shape index (κ2) is 8.79. The topological polar surface area (TPSA) is 62.3 Å². The Labute approximate surface area is 185 Å². The molecule has 170 valence electrons. The van der Waals surface area contributed by atoms with Gasteiger partial charge in [-0.3, -0.25) is 9.59 Å². The van der Waals surface area contributed by atoms with Crippen LogP contribution < -0.4 is 4.74 Å². The second-order valence-electron chi connectivity index (χ2n) is 9.51. The van der Waals surface area contributed by atoms with E-state index in [0.29, 0.717) is 13.0 Å². The van der Waals surface area contributed by atoms with Gasteiger partial charge >= 0.3 is 0 Å². The zero-order chi connectivity index (χ0) is 22.2. The van der Waals surface area contributed by atoms with Crippen molar-refractivity contribution < 1.29 is 19.1 Å². The summed E-state index contributed by atoms with van der Waals surface area (Å²) in [5, 5.41) is 0. The molecule has 4 rings (SSSR count). The summed E-state index contributed by atoms with van der Waals surface area (Å²) in [6.45, 7) is 2.55. The average molecular weight is 430 g/mol. The summed E-state index contributed by atoms with van der Waals surface area (Å²) in [6.07, 6.45) is 4.34. The molecule has 3 aliphatic rings. The normalized spacial score (nSPS) is 26.0. The summed E-state index contributed by atoms with van der Waals surface area (Å²) in [5.41, 5.74) is 0.494. The summed E-state index contributed by atoms with van der Waals surface area (Å²) in [7, 11) is 7.28. The van der Waals surface area contributed by atoms with Crippen LogP contribution in [0.3, 0.4) is 0 Å². The van der Waals surface area contributed by atoms with Gasteiger partial charge in [-0.15, -0.1) is 0 Å². The fourth-order valence-corrected chi connectivity index (χ4v) is 4.98. The van der Waals surface area contributed by atoms with Gasteiger partial charge < -0.3 is 24.2 Å². The number of benzene rings is 1. The van der Waals surface area contributed by atoms with Crippen LogP contribution in [-0.2, 0) is 19.7 Å². The molecule has 2 saturated heterocycles. The van der Waals surface area contributed by atoms with Crippen LogP contribution in [0.25, 0.3) is 0 Å². The quantitative estimate of drug-likeness (QED) is 0.691. The number of ether oxygens (including phenoxy) is 2. The van der Waals surface area contributed by atoms with E-state index in [1.165, 1.54) is 0 Å². The van der Waals surface area contributed by atoms with Gasteiger partial charge in [0.1, 0.15) is 11.8 Å². The first-order valence-corrected chi connectivity index (χ1v) is 11.3. The highest BCUT2D eigenvalue weighted by Crippen LogP contribution is 2.51. The third-order valence-corrected chi connectivity index (χ3v) is 7.10. The van der Waals surface area contributed by atoms with Crippen LogP contribution >= 0.6 is 0 Å². The number of nitrogens with zero attached hydrogens (tertiary/aromatic N) is 3. The molecule has 1 aliphatic carbocycles. The van der Waals surface area contributed by atoms with Crippen LogP contribution in [0.1, 0.15) is 37.7 Å². The standard InChI is InChI=1S/C24H35N3O4/c1-25(2)22(28)21-15-20(31-19-9-13-26(3)14-10-19)16-27(21)23(29)24(11-12-24)17-5-7-18(30-4)8-6-17/h5-8,19-21H,9-16H2,1-4H3/t20-,21-/m0/s1. The first kappa shape index (κ1) is 22.1. The van der Waals surface area contributed by atoms with E-state index >= 15 is 0 Å². The van der Waals surface area contributed by atoms with Crippen molar-refractivity contribution >= 4 is 11.8 Å². The Balaban J connectivity index is 1.51. The van der Waals surface area contributed by atoms with E-state index in [1.54, 1.807) is 31.0 Å². The molecular weight excluding hydrogens is 394 g/mol. The Bertz CT molecular complexity index is 798. The van der Waals surface area contributed by atoms with Crippen molar-refractivity contribution in [1.82, 2.24) is 14.7 Å². The van der Waals surface area contributed by atoms with Gasteiger partial charge in [0.15, 0.2) is 0 Å². The molecule has 0 aromatic heterocycles. The van der Waals surface area contributed by atoms with Gasteiger partial charge in [0.25, 0.3) is 0 Å². The Morgan fingerprint density at radius 3 is 2.26 bits per heavy atom. The maximum atomic E-state index is 13.8. The highest BCUT2D eigenvalue weighted by molar-refractivity contribution is 5.95. The summed E-state index contributed by atoms with van der Waals surface area (Å²) in [6, 6.07) is 7.32. The highest BCUT2D eigenvalue weighted by Gasteiger charge is 2.56. The highest BCUT2D eigenvalue weighted by atomic mass is 16.5. The molecule has 0 spiro atoms. The Morgan fingerprint density at radius 2 is 1.71 bits per heavy atom. The largest absolute Gasteiger partial charge is 0.497 e. The van der Waals surface area contributed by atoms with Crippen molar-refractivity contribution in [2.24, 2.45) is 0 Å². The molecule has 2 aliphatic heterocycles. The molecule has 1 aromatic carbocycles. The van der Waals surface area contributed by atoms with E-state index in [9.17, 15) is 9.59 Å². The van der Waals surface area contributed by atoms with E-state index in [4.69, 9.17) is 9.47 Å². The molecule has 7 heteroatoms. The molecule has 0 bridgehead atoms. The molecule has 31 heavy (non-hydrogen) atoms. The van der Waals surface area contributed by atoms with E-state index in [0.717, 1.165) is 50.1 Å². The lowest BCUT2D eigenvalue weighted by atomic mass is 9.93. The van der Waals surface area contributed by atoms with Crippen molar-refractivity contribution in [3.05, 3.63) is 29.8 Å². The van der Waals surface area contributed by atoms with Crippen LogP contribution in [0.15, 0.2) is 24.3 Å². The first-order valence-electron chi connectivity index (χ1n) is 11.3. The van der Waals surface area contributed by atoms with Crippen molar-refractivity contribution in [3.8, 4) is 5.75 Å². The van der Waals surface area contributed by atoms with Gasteiger partial charge in [-0.1, -0.05) is 12.1 Å². The monoisotopic (exact) mass is 429 g/mol. The predicted molar refractivity (Wildman–Crippen MR) is 118 cm³/mol. The van der Waals surface area contributed by atoms with Crippen molar-refractivity contribution in [3.63, 3.8) is 0 Å². The molecule has 2 atom stereocenters. The number of rotatable bonds is 6. The third-order valence-electron chi connectivity index (χ3n) is 7.10. The lowest BCUT2D eigenvalue weighted by Gasteiger charge is -2.31. The number of likely N-dealkylation sites (tertiary alicyclic amines) is 2. The maximum absolute atomic E-state index is 13.8. The van der Waals surface area contributed by atoms with Crippen molar-refractivity contribution in [2.75, 3.05) is 47.9 Å². The Hall–Kier alpha value is -2.12. The smallest absolute Gasteiger partial charge is 0.244 e. The van der Waals surface area contributed by atoms with Crippen LogP contribution in [0.4, 0.5) is 0 Å². The molecule has 2 amide bonds. The molecule has 0 radical (unpaired) electrons. The summed E-state index contributed by atoms with van der Waals surface area (Å²) < 4.78 is 11.7. The minimum absolute atomic E-state index is 0.0200. The zero-order valence-electron chi connectivity index (χ0n) is 19.2. The minimum Gasteiger partial charge on any atom is -0.497 e. The number of likely N-dealkylation sites (N-methyl/N-ethyl adjacent to an activating group) is 1. The lowest BCUT2D eigenvalue weighted by molar-refractivity contribution is -0.143. The number of carbonyl (C=O) groups excluding carboxylic acids is 2. The number of hydrogen-bond donors (Lipinski definition) is 0. The van der Waals surface area contributed by atoms with Crippen molar-refractivity contribution in [1.29, 1.82) is 0 Å². The second-order valence-corrected chi connectivity index (χ2v) is 9.51. The molecule has 2 heterocycles. The number of amides is 2. The van der Waals surface area contributed by atoms with Gasteiger partial charge in [0, 0.05) is 40.2 Å². The van der Waals surface area contributed by atoms with E-state index in [-0.39, 0.29) is 24.0 Å². The maximum Gasteiger partial charge on any atom is 0.244 e.